The summed E-state index contributed by atoms with van der Waals surface area (Å²) in [5.41, 5.74) is 2.84. The molecule has 8 heteroatoms. The Bertz CT molecular complexity index is 1010. The van der Waals surface area contributed by atoms with E-state index in [1.54, 1.807) is 13.0 Å². The van der Waals surface area contributed by atoms with Crippen LogP contribution in [-0.4, -0.2) is 61.7 Å². The number of fused-ring (bicyclic) bond motifs is 1. The zero-order valence-corrected chi connectivity index (χ0v) is 19.6. The van der Waals surface area contributed by atoms with Crippen LogP contribution in [-0.2, 0) is 0 Å². The van der Waals surface area contributed by atoms with Crippen molar-refractivity contribution in [3.63, 3.8) is 0 Å². The van der Waals surface area contributed by atoms with Crippen molar-refractivity contribution in [1.82, 2.24) is 20.2 Å². The zero-order valence-electron chi connectivity index (χ0n) is 18.7. The van der Waals surface area contributed by atoms with Crippen molar-refractivity contribution >= 4 is 17.7 Å². The quantitative estimate of drug-likeness (QED) is 0.614. The molecule has 0 bridgehead atoms. The van der Waals surface area contributed by atoms with Crippen LogP contribution >= 0.6 is 11.8 Å². The SMILES string of the molecule is Cc1cc(OC(CN2C[C@@H](C)NC[C@]3(C)SC23)c2ccc(C3CC3)cn2)cnc1C(=O)O. The Hall–Kier alpha value is -2.16. The molecule has 4 atom stereocenters. The fourth-order valence-electron chi connectivity index (χ4n) is 4.54. The lowest BCUT2D eigenvalue weighted by Gasteiger charge is -2.28. The van der Waals surface area contributed by atoms with Gasteiger partial charge in [0.25, 0.3) is 0 Å². The summed E-state index contributed by atoms with van der Waals surface area (Å²) in [6, 6.07) is 6.42. The minimum absolute atomic E-state index is 0.0541. The first kappa shape index (κ1) is 21.7. The summed E-state index contributed by atoms with van der Waals surface area (Å²) in [5, 5.41) is 13.4. The zero-order chi connectivity index (χ0) is 22.5. The van der Waals surface area contributed by atoms with E-state index in [9.17, 15) is 9.90 Å². The van der Waals surface area contributed by atoms with Crippen LogP contribution in [0.5, 0.6) is 5.75 Å². The lowest BCUT2D eigenvalue weighted by molar-refractivity contribution is 0.0689. The van der Waals surface area contributed by atoms with Crippen LogP contribution < -0.4 is 10.1 Å². The second-order valence-corrected chi connectivity index (χ2v) is 11.2. The van der Waals surface area contributed by atoms with E-state index in [1.165, 1.54) is 24.6 Å². The van der Waals surface area contributed by atoms with Gasteiger partial charge in [-0.05, 0) is 62.8 Å². The van der Waals surface area contributed by atoms with E-state index in [4.69, 9.17) is 9.72 Å². The number of aromatic carboxylic acids is 1. The third-order valence-corrected chi connectivity index (χ3v) is 8.30. The highest BCUT2D eigenvalue weighted by Gasteiger charge is 2.56. The van der Waals surface area contributed by atoms with Crippen LogP contribution in [0.2, 0.25) is 0 Å². The molecule has 7 nitrogen and oxygen atoms in total. The van der Waals surface area contributed by atoms with Crippen molar-refractivity contribution in [2.75, 3.05) is 19.6 Å². The lowest BCUT2D eigenvalue weighted by Crippen LogP contribution is -2.40. The number of hydrogen-bond donors (Lipinski definition) is 2. The Morgan fingerprint density at radius 2 is 2.19 bits per heavy atom. The van der Waals surface area contributed by atoms with Gasteiger partial charge < -0.3 is 15.2 Å². The van der Waals surface area contributed by atoms with Gasteiger partial charge in [-0.15, -0.1) is 11.8 Å². The molecule has 0 spiro atoms. The summed E-state index contributed by atoms with van der Waals surface area (Å²) >= 11 is 2.00. The van der Waals surface area contributed by atoms with Gasteiger partial charge in [-0.1, -0.05) is 6.07 Å². The van der Waals surface area contributed by atoms with E-state index in [1.807, 2.05) is 18.0 Å². The Morgan fingerprint density at radius 1 is 1.38 bits per heavy atom. The fourth-order valence-corrected chi connectivity index (χ4v) is 5.70. The van der Waals surface area contributed by atoms with Crippen LogP contribution in [0.15, 0.2) is 30.6 Å². The number of pyridine rings is 2. The largest absolute Gasteiger partial charge is 0.481 e. The first-order valence-electron chi connectivity index (χ1n) is 11.3. The van der Waals surface area contributed by atoms with Gasteiger partial charge in [0, 0.05) is 31.9 Å². The normalized spacial score (nSPS) is 28.5. The van der Waals surface area contributed by atoms with E-state index < -0.39 is 5.97 Å². The first-order chi connectivity index (χ1) is 15.3. The summed E-state index contributed by atoms with van der Waals surface area (Å²) in [6.07, 6.45) is 5.72. The fraction of sp³-hybridized carbons (Fsp3) is 0.542. The van der Waals surface area contributed by atoms with Gasteiger partial charge in [0.2, 0.25) is 0 Å². The summed E-state index contributed by atoms with van der Waals surface area (Å²) in [6.45, 7) is 8.96. The number of carbonyl (C=O) groups is 1. The molecule has 32 heavy (non-hydrogen) atoms. The van der Waals surface area contributed by atoms with Crippen molar-refractivity contribution in [1.29, 1.82) is 0 Å². The number of nitrogens with zero attached hydrogens (tertiary/aromatic N) is 3. The van der Waals surface area contributed by atoms with Gasteiger partial charge in [0.1, 0.15) is 5.75 Å². The molecule has 4 heterocycles. The number of aromatic nitrogens is 2. The summed E-state index contributed by atoms with van der Waals surface area (Å²) in [5.74, 6) is 0.198. The average Bonchev–Trinajstić information content (AvgIpc) is 3.67. The van der Waals surface area contributed by atoms with Gasteiger partial charge in [0.15, 0.2) is 11.8 Å². The molecule has 2 unspecified atom stereocenters. The van der Waals surface area contributed by atoms with E-state index in [0.29, 0.717) is 28.6 Å². The van der Waals surface area contributed by atoms with Crippen LogP contribution in [0.3, 0.4) is 0 Å². The number of rotatable bonds is 7. The lowest BCUT2D eigenvalue weighted by atomic mass is 10.1. The number of ether oxygens (including phenoxy) is 1. The van der Waals surface area contributed by atoms with Gasteiger partial charge in [0.05, 0.1) is 22.0 Å². The molecular formula is C24H30N4O3S. The molecule has 2 aromatic rings. The van der Waals surface area contributed by atoms with Crippen molar-refractivity contribution in [2.24, 2.45) is 0 Å². The molecule has 3 fully saturated rings. The van der Waals surface area contributed by atoms with Crippen molar-refractivity contribution < 1.29 is 14.6 Å². The number of carboxylic acid groups (broad SMARTS) is 1. The van der Waals surface area contributed by atoms with E-state index in [2.05, 4.69) is 41.2 Å². The molecule has 2 aliphatic heterocycles. The maximum Gasteiger partial charge on any atom is 0.354 e. The molecule has 0 aromatic carbocycles. The molecular weight excluding hydrogens is 424 g/mol. The van der Waals surface area contributed by atoms with Gasteiger partial charge >= 0.3 is 5.97 Å². The molecule has 170 valence electrons. The van der Waals surface area contributed by atoms with E-state index in [0.717, 1.165) is 25.3 Å². The average molecular weight is 455 g/mol. The summed E-state index contributed by atoms with van der Waals surface area (Å²) in [7, 11) is 0. The summed E-state index contributed by atoms with van der Waals surface area (Å²) < 4.78 is 6.66. The Balaban J connectivity index is 1.40. The number of thioether (sulfide) groups is 1. The number of aryl methyl sites for hydroxylation is 1. The first-order valence-corrected chi connectivity index (χ1v) is 12.2. The molecule has 0 amide bonds. The van der Waals surface area contributed by atoms with Gasteiger partial charge in [-0.2, -0.15) is 0 Å². The molecule has 3 aliphatic rings. The molecule has 1 aliphatic carbocycles. The minimum atomic E-state index is -1.03. The van der Waals surface area contributed by atoms with E-state index in [-0.39, 0.29) is 16.5 Å². The van der Waals surface area contributed by atoms with Gasteiger partial charge in [-0.3, -0.25) is 9.88 Å². The smallest absolute Gasteiger partial charge is 0.354 e. The topological polar surface area (TPSA) is 87.6 Å². The predicted molar refractivity (Wildman–Crippen MR) is 124 cm³/mol. The molecule has 0 radical (unpaired) electrons. The number of hydrogen-bond acceptors (Lipinski definition) is 7. The van der Waals surface area contributed by atoms with Crippen LogP contribution in [0.25, 0.3) is 0 Å². The van der Waals surface area contributed by atoms with E-state index >= 15 is 0 Å². The molecule has 1 saturated carbocycles. The Labute approximate surface area is 193 Å². The van der Waals surface area contributed by atoms with Crippen LogP contribution in [0.4, 0.5) is 0 Å². The second-order valence-electron chi connectivity index (χ2n) is 9.56. The van der Waals surface area contributed by atoms with Crippen LogP contribution in [0.1, 0.15) is 66.0 Å². The maximum absolute atomic E-state index is 11.3. The Morgan fingerprint density at radius 3 is 2.84 bits per heavy atom. The molecule has 2 aromatic heterocycles. The molecule has 5 rings (SSSR count). The summed E-state index contributed by atoms with van der Waals surface area (Å²) in [4.78, 5) is 22.7. The molecule has 2 N–H and O–H groups in total. The number of nitrogens with one attached hydrogen (secondary N) is 1. The highest BCUT2D eigenvalue weighted by atomic mass is 32.2. The second kappa shape index (κ2) is 8.32. The number of carboxylic acids is 1. The molecule has 2 saturated heterocycles. The highest BCUT2D eigenvalue weighted by Crippen LogP contribution is 2.55. The monoisotopic (exact) mass is 454 g/mol. The third kappa shape index (κ3) is 4.49. The maximum atomic E-state index is 11.3. The minimum Gasteiger partial charge on any atom is -0.481 e. The highest BCUT2D eigenvalue weighted by molar-refractivity contribution is 8.08. The Kier molecular flexibility index (Phi) is 5.63. The van der Waals surface area contributed by atoms with Gasteiger partial charge in [-0.25, -0.2) is 9.78 Å². The standard InChI is InChI=1S/C24H30N4O3S/c1-14-8-18(10-26-21(14)22(29)30)31-20(19-7-6-17(9-25-19)16-4-5-16)12-28-11-15(2)27-13-24(3)23(28)32-24/h6-10,15-16,20,23,27H,4-5,11-13H2,1-3H3,(H,29,30)/t15-,20?,23?,24+/m1/s1. The third-order valence-electron chi connectivity index (χ3n) is 6.61. The predicted octanol–water partition coefficient (Wildman–Crippen LogP) is 3.61. The van der Waals surface area contributed by atoms with Crippen molar-refractivity contribution in [3.05, 3.63) is 53.1 Å². The van der Waals surface area contributed by atoms with Crippen LogP contribution in [0, 0.1) is 6.92 Å². The van der Waals surface area contributed by atoms with Crippen molar-refractivity contribution in [3.8, 4) is 5.75 Å². The van der Waals surface area contributed by atoms with Crippen molar-refractivity contribution in [2.45, 2.75) is 61.8 Å².